The molecule has 0 amide bonds. The van der Waals surface area contributed by atoms with E-state index in [-0.39, 0.29) is 0 Å². The van der Waals surface area contributed by atoms with E-state index in [4.69, 9.17) is 10.5 Å². The Morgan fingerprint density at radius 1 is 1.53 bits per heavy atom. The molecule has 0 radical (unpaired) electrons. The van der Waals surface area contributed by atoms with Gasteiger partial charge in [0.05, 0.1) is 18.5 Å². The van der Waals surface area contributed by atoms with Crippen molar-refractivity contribution in [2.24, 2.45) is 0 Å². The van der Waals surface area contributed by atoms with Gasteiger partial charge in [-0.2, -0.15) is 5.10 Å². The summed E-state index contributed by atoms with van der Waals surface area (Å²) in [5.74, 6) is 0.862. The van der Waals surface area contributed by atoms with Gasteiger partial charge in [-0.1, -0.05) is 6.92 Å². The number of rotatable bonds is 3. The maximum absolute atomic E-state index is 5.86. The van der Waals surface area contributed by atoms with E-state index in [0.717, 1.165) is 25.2 Å². The molecule has 1 aliphatic heterocycles. The van der Waals surface area contributed by atoms with Gasteiger partial charge in [0.1, 0.15) is 0 Å². The van der Waals surface area contributed by atoms with Crippen LogP contribution in [-0.2, 0) is 0 Å². The van der Waals surface area contributed by atoms with Crippen molar-refractivity contribution in [2.75, 3.05) is 32.5 Å². The first-order chi connectivity index (χ1) is 8.24. The van der Waals surface area contributed by atoms with Crippen LogP contribution in [0.2, 0.25) is 0 Å². The van der Waals surface area contributed by atoms with Gasteiger partial charge in [0.25, 0.3) is 5.88 Å². The summed E-state index contributed by atoms with van der Waals surface area (Å²) in [6.07, 6.45) is 2.38. The molecule has 1 aromatic heterocycles. The van der Waals surface area contributed by atoms with Crippen molar-refractivity contribution < 1.29 is 4.74 Å². The molecule has 1 unspecified atom stereocenters. The van der Waals surface area contributed by atoms with E-state index >= 15 is 0 Å². The molecule has 2 N–H and O–H groups in total. The van der Waals surface area contributed by atoms with Gasteiger partial charge < -0.3 is 15.4 Å². The fraction of sp³-hybridized carbons (Fsp3) is 0.667. The molecule has 17 heavy (non-hydrogen) atoms. The number of anilines is 1. The normalized spacial score (nSPS) is 21.4. The summed E-state index contributed by atoms with van der Waals surface area (Å²) < 4.78 is 5.02. The first-order valence-corrected chi connectivity index (χ1v) is 6.14. The van der Waals surface area contributed by atoms with Crippen molar-refractivity contribution >= 4 is 5.69 Å². The van der Waals surface area contributed by atoms with Gasteiger partial charge in [-0.25, -0.2) is 0 Å². The van der Waals surface area contributed by atoms with Gasteiger partial charge in [0, 0.05) is 12.5 Å². The van der Waals surface area contributed by atoms with Gasteiger partial charge in [-0.05, 0) is 32.0 Å². The number of nitrogen functional groups attached to an aromatic ring is 1. The number of hydrogen-bond acceptors (Lipinski definition) is 5. The fourth-order valence-corrected chi connectivity index (χ4v) is 2.35. The van der Waals surface area contributed by atoms with E-state index in [0.29, 0.717) is 17.5 Å². The molecule has 0 saturated carbocycles. The monoisotopic (exact) mass is 236 g/mol. The summed E-state index contributed by atoms with van der Waals surface area (Å²) in [7, 11) is 1.56. The number of likely N-dealkylation sites (tertiary alicyclic amines) is 1. The maximum Gasteiger partial charge on any atom is 0.256 e. The minimum atomic E-state index is 0.414. The second kappa shape index (κ2) is 5.31. The first-order valence-electron chi connectivity index (χ1n) is 6.14. The van der Waals surface area contributed by atoms with Gasteiger partial charge in [0.15, 0.2) is 0 Å². The number of nitrogens with two attached hydrogens (primary N) is 1. The number of ether oxygens (including phenoxy) is 1. The van der Waals surface area contributed by atoms with Crippen LogP contribution in [-0.4, -0.2) is 41.8 Å². The number of nitrogens with zero attached hydrogens (tertiary/aromatic N) is 3. The molecule has 1 saturated heterocycles. The van der Waals surface area contributed by atoms with Crippen LogP contribution in [0.4, 0.5) is 5.69 Å². The number of aromatic nitrogens is 2. The maximum atomic E-state index is 5.86. The van der Waals surface area contributed by atoms with Crippen LogP contribution in [0.1, 0.15) is 31.4 Å². The minimum Gasteiger partial charge on any atom is -0.478 e. The summed E-state index contributed by atoms with van der Waals surface area (Å²) in [5, 5.41) is 8.23. The molecule has 5 heteroatoms. The van der Waals surface area contributed by atoms with E-state index in [2.05, 4.69) is 22.0 Å². The highest BCUT2D eigenvalue weighted by atomic mass is 16.5. The molecule has 0 aliphatic carbocycles. The Labute approximate surface area is 102 Å². The van der Waals surface area contributed by atoms with E-state index in [1.165, 1.54) is 13.0 Å². The van der Waals surface area contributed by atoms with Gasteiger partial charge in [0.2, 0.25) is 0 Å². The second-order valence-corrected chi connectivity index (χ2v) is 4.47. The van der Waals surface area contributed by atoms with Crippen molar-refractivity contribution in [3.8, 4) is 5.88 Å². The average Bonchev–Trinajstić information content (AvgIpc) is 2.38. The number of piperidine rings is 1. The largest absolute Gasteiger partial charge is 0.478 e. The Hall–Kier alpha value is -1.36. The van der Waals surface area contributed by atoms with Crippen LogP contribution in [0.5, 0.6) is 5.88 Å². The number of hydrogen-bond donors (Lipinski definition) is 1. The molecule has 2 rings (SSSR count). The lowest BCUT2D eigenvalue weighted by atomic mass is 9.94. The van der Waals surface area contributed by atoms with E-state index < -0.39 is 0 Å². The summed E-state index contributed by atoms with van der Waals surface area (Å²) in [4.78, 5) is 2.44. The van der Waals surface area contributed by atoms with E-state index in [1.807, 2.05) is 6.07 Å². The molecule has 1 aromatic rings. The van der Waals surface area contributed by atoms with Crippen LogP contribution in [0.15, 0.2) is 6.07 Å². The van der Waals surface area contributed by atoms with Crippen LogP contribution in [0, 0.1) is 0 Å². The molecule has 94 valence electrons. The molecule has 5 nitrogen and oxygen atoms in total. The fourth-order valence-electron chi connectivity index (χ4n) is 2.35. The summed E-state index contributed by atoms with van der Waals surface area (Å²) in [6, 6.07) is 1.90. The molecule has 2 heterocycles. The van der Waals surface area contributed by atoms with Gasteiger partial charge >= 0.3 is 0 Å². The second-order valence-electron chi connectivity index (χ2n) is 4.47. The molecule has 1 atom stereocenters. The van der Waals surface area contributed by atoms with Crippen LogP contribution in [0.25, 0.3) is 0 Å². The zero-order valence-corrected chi connectivity index (χ0v) is 10.5. The number of likely N-dealkylation sites (N-methyl/N-ethyl adjacent to an activating group) is 1. The summed E-state index contributed by atoms with van der Waals surface area (Å²) >= 11 is 0. The predicted octanol–water partition coefficient (Wildman–Crippen LogP) is 1.27. The predicted molar refractivity (Wildman–Crippen MR) is 67.1 cm³/mol. The van der Waals surface area contributed by atoms with Crippen LogP contribution < -0.4 is 10.5 Å². The highest BCUT2D eigenvalue weighted by molar-refractivity contribution is 5.48. The lowest BCUT2D eigenvalue weighted by Gasteiger charge is -2.31. The molecular formula is C12H20N4O. The van der Waals surface area contributed by atoms with Crippen molar-refractivity contribution in [2.45, 2.75) is 25.7 Å². The Bertz CT molecular complexity index is 383. The summed E-state index contributed by atoms with van der Waals surface area (Å²) in [5.41, 5.74) is 7.43. The van der Waals surface area contributed by atoms with E-state index in [9.17, 15) is 0 Å². The lowest BCUT2D eigenvalue weighted by molar-refractivity contribution is 0.215. The van der Waals surface area contributed by atoms with Crippen molar-refractivity contribution in [3.63, 3.8) is 0 Å². The zero-order valence-electron chi connectivity index (χ0n) is 10.5. The topological polar surface area (TPSA) is 64.3 Å². The zero-order chi connectivity index (χ0) is 12.3. The standard InChI is InChI=1S/C12H20N4O/c1-3-16-6-4-5-9(8-16)11-7-10(13)12(17-2)15-14-11/h7,9H,3-6,8H2,1-2H3,(H2,13,14). The average molecular weight is 236 g/mol. The molecule has 1 fully saturated rings. The third-order valence-corrected chi connectivity index (χ3v) is 3.37. The third-order valence-electron chi connectivity index (χ3n) is 3.37. The highest BCUT2D eigenvalue weighted by Crippen LogP contribution is 2.28. The lowest BCUT2D eigenvalue weighted by Crippen LogP contribution is -2.34. The van der Waals surface area contributed by atoms with Crippen molar-refractivity contribution in [3.05, 3.63) is 11.8 Å². The highest BCUT2D eigenvalue weighted by Gasteiger charge is 2.22. The molecular weight excluding hydrogens is 216 g/mol. The quantitative estimate of drug-likeness (QED) is 0.856. The van der Waals surface area contributed by atoms with E-state index in [1.54, 1.807) is 7.11 Å². The summed E-state index contributed by atoms with van der Waals surface area (Å²) in [6.45, 7) is 5.52. The molecule has 1 aliphatic rings. The Morgan fingerprint density at radius 3 is 3.00 bits per heavy atom. The SMILES string of the molecule is CCN1CCCC(c2cc(N)c(OC)nn2)C1. The Morgan fingerprint density at radius 2 is 2.35 bits per heavy atom. The van der Waals surface area contributed by atoms with Gasteiger partial charge in [-0.15, -0.1) is 5.10 Å². The number of methoxy groups -OCH3 is 1. The van der Waals surface area contributed by atoms with Crippen molar-refractivity contribution in [1.82, 2.24) is 15.1 Å². The van der Waals surface area contributed by atoms with Crippen molar-refractivity contribution in [1.29, 1.82) is 0 Å². The smallest absolute Gasteiger partial charge is 0.256 e. The Kier molecular flexibility index (Phi) is 3.78. The van der Waals surface area contributed by atoms with Crippen LogP contribution in [0.3, 0.4) is 0 Å². The first kappa shape index (κ1) is 12.1. The molecule has 0 spiro atoms. The molecule has 0 bridgehead atoms. The van der Waals surface area contributed by atoms with Gasteiger partial charge in [-0.3, -0.25) is 0 Å². The minimum absolute atomic E-state index is 0.414. The Balaban J connectivity index is 2.13. The molecule has 0 aromatic carbocycles. The third kappa shape index (κ3) is 2.66. The van der Waals surface area contributed by atoms with Crippen LogP contribution >= 0.6 is 0 Å².